The van der Waals surface area contributed by atoms with E-state index in [-0.39, 0.29) is 12.6 Å². The second-order valence-corrected chi connectivity index (χ2v) is 4.00. The van der Waals surface area contributed by atoms with Crippen molar-refractivity contribution >= 4 is 17.8 Å². The van der Waals surface area contributed by atoms with Gasteiger partial charge in [0.15, 0.2) is 0 Å². The minimum atomic E-state index is -0.710. The average Bonchev–Trinajstić information content (AvgIpc) is 2.36. The Kier molecular flexibility index (Phi) is 5.59. The van der Waals surface area contributed by atoms with Crippen LogP contribution in [0.2, 0.25) is 0 Å². The summed E-state index contributed by atoms with van der Waals surface area (Å²) >= 11 is 0. The van der Waals surface area contributed by atoms with E-state index in [4.69, 9.17) is 0 Å². The molecule has 2 amide bonds. The normalized spacial score (nSPS) is 9.89. The number of hydrazine groups is 1. The van der Waals surface area contributed by atoms with E-state index in [0.29, 0.717) is 11.4 Å². The number of aromatic nitrogens is 1. The third-order valence-electron chi connectivity index (χ3n) is 2.03. The van der Waals surface area contributed by atoms with E-state index >= 15 is 0 Å². The Morgan fingerprint density at radius 3 is 2.74 bits per heavy atom. The van der Waals surface area contributed by atoms with E-state index in [9.17, 15) is 9.59 Å². The molecule has 0 radical (unpaired) electrons. The van der Waals surface area contributed by atoms with Gasteiger partial charge in [0.2, 0.25) is 0 Å². The van der Waals surface area contributed by atoms with Gasteiger partial charge in [-0.25, -0.2) is 15.2 Å². The van der Waals surface area contributed by atoms with Gasteiger partial charge in [0.05, 0.1) is 12.2 Å². The van der Waals surface area contributed by atoms with Crippen molar-refractivity contribution in [2.24, 2.45) is 0 Å². The minimum absolute atomic E-state index is 0.138. The van der Waals surface area contributed by atoms with Gasteiger partial charge in [0.1, 0.15) is 5.82 Å². The molecular formula is C12H18N4O3. The average molecular weight is 266 g/mol. The number of pyridine rings is 1. The Balaban J connectivity index is 2.68. The van der Waals surface area contributed by atoms with Gasteiger partial charge < -0.3 is 10.1 Å². The van der Waals surface area contributed by atoms with E-state index in [2.05, 4.69) is 25.9 Å². The minimum Gasteiger partial charge on any atom is -0.449 e. The molecule has 0 fully saturated rings. The lowest BCUT2D eigenvalue weighted by Gasteiger charge is -2.13. The number of nitrogens with zero attached hydrogens (tertiary/aromatic N) is 1. The zero-order valence-electron chi connectivity index (χ0n) is 11.2. The molecule has 7 nitrogen and oxygen atoms in total. The lowest BCUT2D eigenvalue weighted by molar-refractivity contribution is 0.0913. The summed E-state index contributed by atoms with van der Waals surface area (Å²) in [7, 11) is 0. The molecule has 0 bridgehead atoms. The summed E-state index contributed by atoms with van der Waals surface area (Å²) in [5.41, 5.74) is 4.74. The van der Waals surface area contributed by atoms with Crippen LogP contribution in [0.15, 0.2) is 18.3 Å². The van der Waals surface area contributed by atoms with Crippen molar-refractivity contribution in [3.63, 3.8) is 0 Å². The van der Waals surface area contributed by atoms with Gasteiger partial charge in [-0.15, -0.1) is 0 Å². The highest BCUT2D eigenvalue weighted by atomic mass is 16.5. The summed E-state index contributed by atoms with van der Waals surface area (Å²) in [4.78, 5) is 27.0. The van der Waals surface area contributed by atoms with Gasteiger partial charge in [-0.05, 0) is 32.9 Å². The summed E-state index contributed by atoms with van der Waals surface area (Å²) in [5, 5.41) is 3.05. The van der Waals surface area contributed by atoms with Crippen molar-refractivity contribution in [2.75, 3.05) is 11.9 Å². The van der Waals surface area contributed by atoms with Crippen LogP contribution in [0, 0.1) is 0 Å². The van der Waals surface area contributed by atoms with Crippen LogP contribution >= 0.6 is 0 Å². The van der Waals surface area contributed by atoms with Crippen molar-refractivity contribution < 1.29 is 14.3 Å². The summed E-state index contributed by atoms with van der Waals surface area (Å²) in [6.45, 7) is 5.78. The van der Waals surface area contributed by atoms with Gasteiger partial charge in [-0.2, -0.15) is 0 Å². The summed E-state index contributed by atoms with van der Waals surface area (Å²) < 4.78 is 4.63. The van der Waals surface area contributed by atoms with Gasteiger partial charge >= 0.3 is 6.09 Å². The number of carbonyl (C=O) groups excluding carboxylic acids is 2. The standard InChI is InChI=1S/C12H18N4O3/c1-4-19-12(18)16-15-11(17)9-6-5-7-13-10(9)14-8(2)3/h5-8H,4H2,1-3H3,(H,13,14)(H,15,17)(H,16,18). The molecule has 7 heteroatoms. The van der Waals surface area contributed by atoms with Gasteiger partial charge in [-0.1, -0.05) is 0 Å². The van der Waals surface area contributed by atoms with E-state index in [1.54, 1.807) is 25.3 Å². The number of ether oxygens (including phenoxy) is 1. The number of anilines is 1. The topological polar surface area (TPSA) is 92.4 Å². The molecule has 0 aliphatic carbocycles. The van der Waals surface area contributed by atoms with Crippen molar-refractivity contribution in [3.05, 3.63) is 23.9 Å². The first kappa shape index (κ1) is 14.7. The zero-order chi connectivity index (χ0) is 14.3. The highest BCUT2D eigenvalue weighted by Crippen LogP contribution is 2.11. The quantitative estimate of drug-likeness (QED) is 0.714. The van der Waals surface area contributed by atoms with Crippen LogP contribution < -0.4 is 16.2 Å². The summed E-state index contributed by atoms with van der Waals surface area (Å²) in [6.07, 6.45) is 0.874. The first-order valence-corrected chi connectivity index (χ1v) is 5.99. The maximum absolute atomic E-state index is 11.9. The van der Waals surface area contributed by atoms with Crippen LogP contribution in [0.5, 0.6) is 0 Å². The van der Waals surface area contributed by atoms with Crippen molar-refractivity contribution in [2.45, 2.75) is 26.8 Å². The predicted molar refractivity (Wildman–Crippen MR) is 70.6 cm³/mol. The van der Waals surface area contributed by atoms with E-state index in [1.165, 1.54) is 0 Å². The maximum atomic E-state index is 11.9. The molecule has 0 aromatic carbocycles. The SMILES string of the molecule is CCOC(=O)NNC(=O)c1cccnc1NC(C)C. The molecule has 1 aromatic rings. The summed E-state index contributed by atoms with van der Waals surface area (Å²) in [5.74, 6) is -0.00929. The van der Waals surface area contributed by atoms with Crippen molar-refractivity contribution in [3.8, 4) is 0 Å². The van der Waals surface area contributed by atoms with Gasteiger partial charge in [-0.3, -0.25) is 10.2 Å². The molecule has 19 heavy (non-hydrogen) atoms. The highest BCUT2D eigenvalue weighted by Gasteiger charge is 2.13. The molecule has 3 N–H and O–H groups in total. The maximum Gasteiger partial charge on any atom is 0.426 e. The molecule has 1 rings (SSSR count). The Morgan fingerprint density at radius 2 is 2.11 bits per heavy atom. The molecule has 0 spiro atoms. The largest absolute Gasteiger partial charge is 0.449 e. The molecular weight excluding hydrogens is 248 g/mol. The van der Waals surface area contributed by atoms with E-state index in [0.717, 1.165) is 0 Å². The molecule has 0 aliphatic heterocycles. The molecule has 0 aliphatic rings. The van der Waals surface area contributed by atoms with Gasteiger partial charge in [0, 0.05) is 12.2 Å². The number of carbonyl (C=O) groups is 2. The zero-order valence-corrected chi connectivity index (χ0v) is 11.2. The summed E-state index contributed by atoms with van der Waals surface area (Å²) in [6, 6.07) is 3.39. The van der Waals surface area contributed by atoms with Gasteiger partial charge in [0.25, 0.3) is 5.91 Å². The molecule has 0 unspecified atom stereocenters. The second kappa shape index (κ2) is 7.20. The monoisotopic (exact) mass is 266 g/mol. The molecule has 1 aromatic heterocycles. The van der Waals surface area contributed by atoms with Crippen LogP contribution in [0.3, 0.4) is 0 Å². The number of nitrogens with one attached hydrogen (secondary N) is 3. The number of rotatable bonds is 4. The molecule has 0 atom stereocenters. The Labute approximate surface area is 111 Å². The van der Waals surface area contributed by atoms with Crippen LogP contribution in [0.25, 0.3) is 0 Å². The van der Waals surface area contributed by atoms with Crippen LogP contribution in [-0.4, -0.2) is 29.6 Å². The number of hydrogen-bond acceptors (Lipinski definition) is 5. The van der Waals surface area contributed by atoms with E-state index in [1.807, 2.05) is 13.8 Å². The fourth-order valence-electron chi connectivity index (χ4n) is 1.32. The van der Waals surface area contributed by atoms with Crippen molar-refractivity contribution in [1.29, 1.82) is 0 Å². The Bertz CT molecular complexity index is 448. The second-order valence-electron chi connectivity index (χ2n) is 4.00. The lowest BCUT2D eigenvalue weighted by Crippen LogP contribution is -2.42. The predicted octanol–water partition coefficient (Wildman–Crippen LogP) is 1.29. The third-order valence-corrected chi connectivity index (χ3v) is 2.03. The molecule has 0 saturated heterocycles. The molecule has 1 heterocycles. The highest BCUT2D eigenvalue weighted by molar-refractivity contribution is 5.99. The van der Waals surface area contributed by atoms with Crippen molar-refractivity contribution in [1.82, 2.24) is 15.8 Å². The lowest BCUT2D eigenvalue weighted by atomic mass is 10.2. The Hall–Kier alpha value is -2.31. The molecule has 104 valence electrons. The van der Waals surface area contributed by atoms with E-state index < -0.39 is 12.0 Å². The first-order chi connectivity index (χ1) is 9.04. The van der Waals surface area contributed by atoms with Crippen LogP contribution in [-0.2, 0) is 4.74 Å². The smallest absolute Gasteiger partial charge is 0.426 e. The third kappa shape index (κ3) is 4.82. The fourth-order valence-corrected chi connectivity index (χ4v) is 1.32. The Morgan fingerprint density at radius 1 is 1.37 bits per heavy atom. The number of amides is 2. The number of hydrogen-bond donors (Lipinski definition) is 3. The van der Waals surface area contributed by atoms with Crippen LogP contribution in [0.4, 0.5) is 10.6 Å². The fraction of sp³-hybridized carbons (Fsp3) is 0.417. The first-order valence-electron chi connectivity index (χ1n) is 5.99. The van der Waals surface area contributed by atoms with Crippen LogP contribution in [0.1, 0.15) is 31.1 Å². The molecule has 0 saturated carbocycles.